The van der Waals surface area contributed by atoms with E-state index in [4.69, 9.17) is 6.85 Å². The predicted molar refractivity (Wildman–Crippen MR) is 157 cm³/mol. The smallest absolute Gasteiger partial charge is 0.115 e. The Bertz CT molecular complexity index is 2120. The Labute approximate surface area is 222 Å². The number of hydrogen-bond acceptors (Lipinski definition) is 1. The van der Waals surface area contributed by atoms with E-state index in [1.165, 1.54) is 0 Å². The van der Waals surface area contributed by atoms with Crippen molar-refractivity contribution >= 4 is 32.3 Å². The Balaban J connectivity index is 1.62. The quantitative estimate of drug-likeness (QED) is 0.251. The molecular formula is C36H24O. The number of rotatable bonds is 3. The van der Waals surface area contributed by atoms with Crippen LogP contribution in [0.4, 0.5) is 0 Å². The van der Waals surface area contributed by atoms with Gasteiger partial charge in [0.15, 0.2) is 0 Å². The molecule has 174 valence electrons. The average molecular weight is 478 g/mol. The maximum Gasteiger partial charge on any atom is 0.115 e. The van der Waals surface area contributed by atoms with Crippen molar-refractivity contribution in [1.82, 2.24) is 0 Å². The molecule has 0 aliphatic carbocycles. The lowest BCUT2D eigenvalue weighted by Crippen LogP contribution is -1.92. The van der Waals surface area contributed by atoms with Crippen molar-refractivity contribution in [1.29, 1.82) is 0 Å². The van der Waals surface area contributed by atoms with E-state index in [-0.39, 0.29) is 35.5 Å². The summed E-state index contributed by atoms with van der Waals surface area (Å²) < 4.78 is 42.4. The van der Waals surface area contributed by atoms with E-state index in [2.05, 4.69) is 24.3 Å². The van der Waals surface area contributed by atoms with Crippen molar-refractivity contribution in [3.05, 3.63) is 139 Å². The highest BCUT2D eigenvalue weighted by Crippen LogP contribution is 2.46. The van der Waals surface area contributed by atoms with E-state index in [1.54, 1.807) is 12.1 Å². The highest BCUT2D eigenvalue weighted by atomic mass is 16.3. The molecule has 0 aliphatic heterocycles. The molecule has 0 saturated heterocycles. The minimum absolute atomic E-state index is 0.201. The van der Waals surface area contributed by atoms with E-state index in [9.17, 15) is 5.11 Å². The molecule has 1 N–H and O–H groups in total. The summed E-state index contributed by atoms with van der Waals surface area (Å²) in [5.74, 6) is 0.219. The summed E-state index contributed by atoms with van der Waals surface area (Å²) in [5, 5.41) is 15.5. The monoisotopic (exact) mass is 477 g/mol. The van der Waals surface area contributed by atoms with Crippen molar-refractivity contribution in [3.63, 3.8) is 0 Å². The van der Waals surface area contributed by atoms with E-state index in [0.717, 1.165) is 54.6 Å². The fourth-order valence-electron chi connectivity index (χ4n) is 5.47. The molecule has 0 spiro atoms. The fourth-order valence-corrected chi connectivity index (χ4v) is 5.47. The second kappa shape index (κ2) is 8.65. The molecule has 0 atom stereocenters. The Morgan fingerprint density at radius 3 is 1.43 bits per heavy atom. The minimum atomic E-state index is -0.404. The number of phenols is 1. The van der Waals surface area contributed by atoms with Gasteiger partial charge in [-0.3, -0.25) is 0 Å². The first-order valence-electron chi connectivity index (χ1n) is 14.7. The van der Waals surface area contributed by atoms with Crippen LogP contribution in [0.25, 0.3) is 65.7 Å². The average Bonchev–Trinajstić information content (AvgIpc) is 3.03. The van der Waals surface area contributed by atoms with Crippen LogP contribution in [0.2, 0.25) is 0 Å². The molecule has 0 unspecified atom stereocenters. The summed E-state index contributed by atoms with van der Waals surface area (Å²) in [6.07, 6.45) is 0. The standard InChI is InChI=1S/C36H24O/c37-26-20-18-24(19-21-26)27-22-23-34(29-13-5-4-12-28(27)29)36-32-16-8-6-14-30(32)35(25-10-2-1-3-11-25)31-15-7-9-17-33(31)36/h1-23,37H/i1D,2D,3D,10D,11D. The summed E-state index contributed by atoms with van der Waals surface area (Å²) in [6.45, 7) is 0. The van der Waals surface area contributed by atoms with Crippen molar-refractivity contribution in [2.75, 3.05) is 0 Å². The summed E-state index contributed by atoms with van der Waals surface area (Å²) in [4.78, 5) is 0. The molecule has 1 heteroatoms. The van der Waals surface area contributed by atoms with Crippen LogP contribution in [0.1, 0.15) is 6.85 Å². The lowest BCUT2D eigenvalue weighted by Gasteiger charge is -2.19. The minimum Gasteiger partial charge on any atom is -0.508 e. The van der Waals surface area contributed by atoms with Crippen molar-refractivity contribution < 1.29 is 12.0 Å². The van der Waals surface area contributed by atoms with Gasteiger partial charge in [-0.05, 0) is 77.8 Å². The second-order valence-electron chi connectivity index (χ2n) is 9.09. The second-order valence-corrected chi connectivity index (χ2v) is 9.09. The number of phenolic OH excluding ortho intramolecular Hbond substituents is 1. The molecule has 7 rings (SSSR count). The van der Waals surface area contributed by atoms with E-state index < -0.39 is 6.04 Å². The van der Waals surface area contributed by atoms with Crippen LogP contribution in [0.15, 0.2) is 139 Å². The van der Waals surface area contributed by atoms with Gasteiger partial charge >= 0.3 is 0 Å². The number of hydrogen-bond donors (Lipinski definition) is 1. The number of fused-ring (bicyclic) bond motifs is 3. The van der Waals surface area contributed by atoms with E-state index in [1.807, 2.05) is 72.8 Å². The zero-order valence-corrected chi connectivity index (χ0v) is 19.8. The molecule has 0 saturated carbocycles. The van der Waals surface area contributed by atoms with Crippen LogP contribution in [-0.2, 0) is 0 Å². The molecular weight excluding hydrogens is 448 g/mol. The highest BCUT2D eigenvalue weighted by Gasteiger charge is 2.18. The van der Waals surface area contributed by atoms with Gasteiger partial charge in [0.2, 0.25) is 0 Å². The first-order valence-corrected chi connectivity index (χ1v) is 12.2. The van der Waals surface area contributed by atoms with Crippen LogP contribution in [0.5, 0.6) is 5.75 Å². The largest absolute Gasteiger partial charge is 0.508 e. The van der Waals surface area contributed by atoms with Gasteiger partial charge in [0.25, 0.3) is 0 Å². The van der Waals surface area contributed by atoms with Gasteiger partial charge < -0.3 is 5.11 Å². The first kappa shape index (κ1) is 16.7. The first-order chi connectivity index (χ1) is 20.4. The van der Waals surface area contributed by atoms with Gasteiger partial charge in [-0.1, -0.05) is 127 Å². The molecule has 0 fully saturated rings. The zero-order chi connectivity index (χ0) is 29.1. The normalized spacial score (nSPS) is 13.2. The number of benzene rings is 7. The number of aromatic hydroxyl groups is 1. The van der Waals surface area contributed by atoms with Crippen LogP contribution in [0.3, 0.4) is 0 Å². The van der Waals surface area contributed by atoms with Crippen LogP contribution in [-0.4, -0.2) is 5.11 Å². The summed E-state index contributed by atoms with van der Waals surface area (Å²) in [7, 11) is 0. The molecule has 1 nitrogen and oxygen atoms in total. The van der Waals surface area contributed by atoms with Gasteiger partial charge in [-0.2, -0.15) is 0 Å². The molecule has 7 aromatic rings. The molecule has 0 heterocycles. The Morgan fingerprint density at radius 1 is 0.405 bits per heavy atom. The van der Waals surface area contributed by atoms with E-state index >= 15 is 0 Å². The molecule has 0 aromatic heterocycles. The molecule has 0 radical (unpaired) electrons. The lowest BCUT2D eigenvalue weighted by molar-refractivity contribution is 0.475. The van der Waals surface area contributed by atoms with E-state index in [0.29, 0.717) is 5.56 Å². The molecule has 37 heavy (non-hydrogen) atoms. The van der Waals surface area contributed by atoms with Crippen molar-refractivity contribution in [3.8, 4) is 39.1 Å². The maximum atomic E-state index is 9.84. The fraction of sp³-hybridized carbons (Fsp3) is 0. The van der Waals surface area contributed by atoms with Crippen molar-refractivity contribution in [2.45, 2.75) is 0 Å². The SMILES string of the molecule is [2H]c1c([2H])c([2H])c(-c2c3ccccc3c(-c3ccc(-c4ccc(O)cc4)c4ccccc34)c3ccccc23)c([2H])c1[2H]. The van der Waals surface area contributed by atoms with Gasteiger partial charge in [-0.15, -0.1) is 0 Å². The molecule has 0 amide bonds. The lowest BCUT2D eigenvalue weighted by atomic mass is 9.84. The summed E-state index contributed by atoms with van der Waals surface area (Å²) in [5.41, 5.74) is 4.94. The maximum absolute atomic E-state index is 9.84. The third kappa shape index (κ3) is 3.48. The molecule has 0 bridgehead atoms. The van der Waals surface area contributed by atoms with Crippen LogP contribution in [0, 0.1) is 0 Å². The summed E-state index contributed by atoms with van der Waals surface area (Å²) in [6, 6.07) is 34.0. The van der Waals surface area contributed by atoms with Gasteiger partial charge in [0, 0.05) is 0 Å². The molecule has 7 aromatic carbocycles. The van der Waals surface area contributed by atoms with Crippen LogP contribution < -0.4 is 0 Å². The predicted octanol–water partition coefficient (Wildman–Crippen LogP) is 9.85. The molecule has 0 aliphatic rings. The van der Waals surface area contributed by atoms with Gasteiger partial charge in [0.1, 0.15) is 5.75 Å². The van der Waals surface area contributed by atoms with Crippen molar-refractivity contribution in [2.24, 2.45) is 0 Å². The topological polar surface area (TPSA) is 20.2 Å². The van der Waals surface area contributed by atoms with Gasteiger partial charge in [0.05, 0.1) is 6.85 Å². The Morgan fingerprint density at radius 2 is 0.865 bits per heavy atom. The van der Waals surface area contributed by atoms with Gasteiger partial charge in [-0.25, -0.2) is 0 Å². The zero-order valence-electron chi connectivity index (χ0n) is 24.8. The Kier molecular flexibility index (Phi) is 3.91. The Hall–Kier alpha value is -4.88. The third-order valence-electron chi connectivity index (χ3n) is 7.05. The van der Waals surface area contributed by atoms with Crippen LogP contribution >= 0.6 is 0 Å². The highest BCUT2D eigenvalue weighted by molar-refractivity contribution is 6.24. The summed E-state index contributed by atoms with van der Waals surface area (Å²) >= 11 is 0. The third-order valence-corrected chi connectivity index (χ3v) is 7.05.